The highest BCUT2D eigenvalue weighted by molar-refractivity contribution is 6.04. The van der Waals surface area contributed by atoms with Crippen molar-refractivity contribution in [2.75, 3.05) is 0 Å². The highest BCUT2D eigenvalue weighted by Gasteiger charge is 2.45. The number of nitrogens with one attached hydrogen (secondary N) is 1. The first-order valence-corrected chi connectivity index (χ1v) is 6.74. The quantitative estimate of drug-likeness (QED) is 0.759. The minimum atomic E-state index is 0.217. The van der Waals surface area contributed by atoms with Crippen molar-refractivity contribution in [3.63, 3.8) is 0 Å². The van der Waals surface area contributed by atoms with Crippen LogP contribution in [0.2, 0.25) is 0 Å². The van der Waals surface area contributed by atoms with Crippen LogP contribution in [0.15, 0.2) is 40.1 Å². The third kappa shape index (κ3) is 2.03. The van der Waals surface area contributed by atoms with E-state index >= 15 is 0 Å². The molecule has 0 spiro atoms. The molecular formula is C15H20N2O. The van der Waals surface area contributed by atoms with Crippen LogP contribution in [0.3, 0.4) is 0 Å². The van der Waals surface area contributed by atoms with Crippen molar-refractivity contribution in [2.24, 2.45) is 4.99 Å². The van der Waals surface area contributed by atoms with Crippen LogP contribution in [0.1, 0.15) is 33.6 Å². The van der Waals surface area contributed by atoms with Crippen LogP contribution in [-0.2, 0) is 4.74 Å². The molecule has 2 heterocycles. The van der Waals surface area contributed by atoms with Crippen molar-refractivity contribution in [1.29, 1.82) is 0 Å². The van der Waals surface area contributed by atoms with Crippen LogP contribution >= 0.6 is 0 Å². The van der Waals surface area contributed by atoms with Gasteiger partial charge in [0, 0.05) is 17.7 Å². The van der Waals surface area contributed by atoms with Crippen molar-refractivity contribution in [1.82, 2.24) is 5.32 Å². The predicted molar refractivity (Wildman–Crippen MR) is 73.5 cm³/mol. The smallest absolute Gasteiger partial charge is 0.120 e. The molecule has 0 aromatic rings. The van der Waals surface area contributed by atoms with Crippen molar-refractivity contribution < 1.29 is 4.74 Å². The van der Waals surface area contributed by atoms with Crippen molar-refractivity contribution >= 4 is 5.71 Å². The molecule has 18 heavy (non-hydrogen) atoms. The molecule has 0 saturated carbocycles. The highest BCUT2D eigenvalue weighted by Crippen LogP contribution is 2.37. The maximum absolute atomic E-state index is 6.03. The molecule has 2 atom stereocenters. The van der Waals surface area contributed by atoms with Gasteiger partial charge < -0.3 is 4.74 Å². The second-order valence-electron chi connectivity index (χ2n) is 5.36. The summed E-state index contributed by atoms with van der Waals surface area (Å²) in [7, 11) is 0. The van der Waals surface area contributed by atoms with Gasteiger partial charge in [0.25, 0.3) is 0 Å². The lowest BCUT2D eigenvalue weighted by molar-refractivity contribution is 0.138. The van der Waals surface area contributed by atoms with E-state index in [1.54, 1.807) is 0 Å². The molecule has 1 aliphatic carbocycles. The van der Waals surface area contributed by atoms with Crippen LogP contribution in [0.25, 0.3) is 0 Å². The summed E-state index contributed by atoms with van der Waals surface area (Å²) in [6.45, 7) is 6.26. The molecular weight excluding hydrogens is 224 g/mol. The van der Waals surface area contributed by atoms with Gasteiger partial charge >= 0.3 is 0 Å². The molecule has 0 bridgehead atoms. The fourth-order valence-electron chi connectivity index (χ4n) is 2.70. The van der Waals surface area contributed by atoms with Gasteiger partial charge in [-0.2, -0.15) is 0 Å². The van der Waals surface area contributed by atoms with E-state index in [1.807, 2.05) is 0 Å². The Kier molecular flexibility index (Phi) is 2.86. The minimum absolute atomic E-state index is 0.217. The number of hydrogen-bond donors (Lipinski definition) is 1. The van der Waals surface area contributed by atoms with Crippen LogP contribution in [-0.4, -0.2) is 24.0 Å². The third-order valence-electron chi connectivity index (χ3n) is 3.48. The second kappa shape index (κ2) is 4.39. The Balaban J connectivity index is 2.07. The number of rotatable bonds is 2. The Hall–Kier alpha value is -1.35. The fraction of sp³-hybridized carbons (Fsp3) is 0.533. The van der Waals surface area contributed by atoms with E-state index in [2.05, 4.69) is 49.3 Å². The molecule has 1 N–H and O–H groups in total. The van der Waals surface area contributed by atoms with Gasteiger partial charge in [0.05, 0.1) is 12.1 Å². The first kappa shape index (κ1) is 11.7. The molecule has 0 aromatic heterocycles. The van der Waals surface area contributed by atoms with E-state index in [-0.39, 0.29) is 6.10 Å². The normalized spacial score (nSPS) is 30.0. The summed E-state index contributed by atoms with van der Waals surface area (Å²) in [6, 6.07) is 0.400. The molecule has 1 fully saturated rings. The van der Waals surface area contributed by atoms with E-state index < -0.39 is 0 Å². The van der Waals surface area contributed by atoms with Crippen LogP contribution in [0, 0.1) is 0 Å². The summed E-state index contributed by atoms with van der Waals surface area (Å²) >= 11 is 0. The summed E-state index contributed by atoms with van der Waals surface area (Å²) in [5.74, 6) is 1.11. The Bertz CT molecular complexity index is 483. The number of nitrogens with zero attached hydrogens (tertiary/aromatic N) is 1. The maximum atomic E-state index is 6.03. The first-order valence-electron chi connectivity index (χ1n) is 6.74. The SMILES string of the molecule is CC1=NC2NC2C2=CC=CCCC(OC(C)C)=C21. The van der Waals surface area contributed by atoms with E-state index in [4.69, 9.17) is 4.74 Å². The molecule has 2 aliphatic heterocycles. The van der Waals surface area contributed by atoms with Gasteiger partial charge in [0.2, 0.25) is 0 Å². The van der Waals surface area contributed by atoms with E-state index in [0.29, 0.717) is 12.2 Å². The van der Waals surface area contributed by atoms with Crippen LogP contribution in [0.4, 0.5) is 0 Å². The second-order valence-corrected chi connectivity index (χ2v) is 5.36. The first-order chi connectivity index (χ1) is 8.66. The molecule has 2 unspecified atom stereocenters. The molecule has 3 rings (SSSR count). The molecule has 3 aliphatic rings. The summed E-state index contributed by atoms with van der Waals surface area (Å²) < 4.78 is 6.03. The van der Waals surface area contributed by atoms with E-state index in [9.17, 15) is 0 Å². The van der Waals surface area contributed by atoms with Crippen LogP contribution < -0.4 is 5.32 Å². The Labute approximate surface area is 108 Å². The fourth-order valence-corrected chi connectivity index (χ4v) is 2.70. The van der Waals surface area contributed by atoms with Gasteiger partial charge in [0.15, 0.2) is 0 Å². The highest BCUT2D eigenvalue weighted by atomic mass is 16.5. The van der Waals surface area contributed by atoms with Gasteiger partial charge in [-0.3, -0.25) is 10.3 Å². The average Bonchev–Trinajstić information content (AvgIpc) is 3.00. The molecule has 3 nitrogen and oxygen atoms in total. The predicted octanol–water partition coefficient (Wildman–Crippen LogP) is 2.71. The van der Waals surface area contributed by atoms with Gasteiger partial charge in [-0.05, 0) is 32.8 Å². The number of allylic oxidation sites excluding steroid dienone is 4. The van der Waals surface area contributed by atoms with E-state index in [1.165, 1.54) is 11.1 Å². The summed E-state index contributed by atoms with van der Waals surface area (Å²) in [5, 5.41) is 3.40. The monoisotopic (exact) mass is 244 g/mol. The molecule has 3 heteroatoms. The van der Waals surface area contributed by atoms with Gasteiger partial charge in [0.1, 0.15) is 11.9 Å². The number of fused-ring (bicyclic) bond motifs is 3. The Morgan fingerprint density at radius 2 is 2.28 bits per heavy atom. The van der Waals surface area contributed by atoms with Crippen molar-refractivity contribution in [2.45, 2.75) is 51.9 Å². The third-order valence-corrected chi connectivity index (χ3v) is 3.48. The lowest BCUT2D eigenvalue weighted by Crippen LogP contribution is -2.19. The zero-order valence-corrected chi connectivity index (χ0v) is 11.2. The summed E-state index contributed by atoms with van der Waals surface area (Å²) in [5.41, 5.74) is 3.69. The van der Waals surface area contributed by atoms with E-state index in [0.717, 1.165) is 24.3 Å². The molecule has 0 radical (unpaired) electrons. The zero-order chi connectivity index (χ0) is 12.7. The summed E-state index contributed by atoms with van der Waals surface area (Å²) in [6.07, 6.45) is 9.11. The average molecular weight is 244 g/mol. The summed E-state index contributed by atoms with van der Waals surface area (Å²) in [4.78, 5) is 4.67. The molecule has 96 valence electrons. The topological polar surface area (TPSA) is 43.5 Å². The maximum Gasteiger partial charge on any atom is 0.120 e. The standard InChI is InChI=1S/C15H20N2O/c1-9(2)18-12-8-6-4-5-7-11-13(12)10(3)16-15-14(11)17-15/h4-5,7,9,14-15,17H,6,8H2,1-3H3. The molecule has 0 amide bonds. The number of hydrogen-bond acceptors (Lipinski definition) is 3. The largest absolute Gasteiger partial charge is 0.495 e. The number of aliphatic imine (C=N–C) groups is 1. The van der Waals surface area contributed by atoms with Gasteiger partial charge in [-0.1, -0.05) is 18.2 Å². The molecule has 1 saturated heterocycles. The van der Waals surface area contributed by atoms with Gasteiger partial charge in [-0.15, -0.1) is 0 Å². The lowest BCUT2D eigenvalue weighted by atomic mass is 9.91. The Morgan fingerprint density at radius 3 is 3.06 bits per heavy atom. The lowest BCUT2D eigenvalue weighted by Gasteiger charge is -2.23. The van der Waals surface area contributed by atoms with Crippen molar-refractivity contribution in [3.05, 3.63) is 35.1 Å². The number of ether oxygens (including phenoxy) is 1. The van der Waals surface area contributed by atoms with Crippen LogP contribution in [0.5, 0.6) is 0 Å². The Morgan fingerprint density at radius 1 is 1.44 bits per heavy atom. The van der Waals surface area contributed by atoms with Crippen molar-refractivity contribution in [3.8, 4) is 0 Å². The zero-order valence-electron chi connectivity index (χ0n) is 11.2. The minimum Gasteiger partial charge on any atom is -0.495 e. The molecule has 0 aromatic carbocycles. The van der Waals surface area contributed by atoms with Gasteiger partial charge in [-0.25, -0.2) is 0 Å².